The molecule has 2 heteroatoms. The third-order valence-electron chi connectivity index (χ3n) is 4.53. The molecule has 2 heterocycles. The molecule has 1 aromatic carbocycles. The van der Waals surface area contributed by atoms with Crippen molar-refractivity contribution >= 4 is 11.1 Å². The highest BCUT2D eigenvalue weighted by Gasteiger charge is 2.45. The van der Waals surface area contributed by atoms with Crippen molar-refractivity contribution in [3.63, 3.8) is 0 Å². The molecular weight excluding hydrogens is 260 g/mol. The molecule has 1 atom stereocenters. The number of benzene rings is 1. The van der Waals surface area contributed by atoms with Crippen LogP contribution in [0.4, 0.5) is 0 Å². The Bertz CT molecular complexity index is 807. The first-order valence-corrected chi connectivity index (χ1v) is 7.12. The summed E-state index contributed by atoms with van der Waals surface area (Å²) in [6, 6.07) is 16.4. The quantitative estimate of drug-likeness (QED) is 0.649. The van der Waals surface area contributed by atoms with Gasteiger partial charge in [0.25, 0.3) is 0 Å². The van der Waals surface area contributed by atoms with Gasteiger partial charge in [-0.25, -0.2) is 0 Å². The summed E-state index contributed by atoms with van der Waals surface area (Å²) in [6.07, 6.45) is 3.46. The zero-order chi connectivity index (χ0) is 14.4. The molecule has 0 saturated carbocycles. The minimum absolute atomic E-state index is 0.317. The van der Waals surface area contributed by atoms with Crippen LogP contribution in [0, 0.1) is 0 Å². The van der Waals surface area contributed by atoms with Crippen LogP contribution in [0.1, 0.15) is 36.5 Å². The molecule has 104 valence electrons. The number of rotatable bonds is 2. The summed E-state index contributed by atoms with van der Waals surface area (Å²) in [4.78, 5) is 0. The van der Waals surface area contributed by atoms with Crippen LogP contribution >= 0.6 is 0 Å². The van der Waals surface area contributed by atoms with Gasteiger partial charge < -0.3 is 8.83 Å². The summed E-state index contributed by atoms with van der Waals surface area (Å²) in [7, 11) is 0. The average Bonchev–Trinajstić information content (AvgIpc) is 3.22. The second-order valence-electron chi connectivity index (χ2n) is 5.63. The number of allylic oxidation sites excluding steroid dienone is 2. The van der Waals surface area contributed by atoms with Gasteiger partial charge in [-0.15, -0.1) is 0 Å². The first-order valence-electron chi connectivity index (χ1n) is 7.12. The van der Waals surface area contributed by atoms with E-state index in [2.05, 4.69) is 38.1 Å². The van der Waals surface area contributed by atoms with Crippen LogP contribution in [-0.4, -0.2) is 0 Å². The van der Waals surface area contributed by atoms with E-state index in [1.165, 1.54) is 22.3 Å². The Labute approximate surface area is 123 Å². The molecule has 1 aliphatic rings. The summed E-state index contributed by atoms with van der Waals surface area (Å²) in [5, 5.41) is 0. The van der Waals surface area contributed by atoms with Gasteiger partial charge in [-0.2, -0.15) is 0 Å². The van der Waals surface area contributed by atoms with Crippen molar-refractivity contribution in [3.8, 4) is 0 Å². The summed E-state index contributed by atoms with van der Waals surface area (Å²) < 4.78 is 11.5. The van der Waals surface area contributed by atoms with Crippen LogP contribution in [0.15, 0.2) is 69.9 Å². The second-order valence-corrected chi connectivity index (χ2v) is 5.63. The van der Waals surface area contributed by atoms with Crippen LogP contribution < -0.4 is 0 Å². The molecule has 1 aliphatic carbocycles. The predicted octanol–water partition coefficient (Wildman–Crippen LogP) is 5.12. The molecule has 0 N–H and O–H groups in total. The van der Waals surface area contributed by atoms with Crippen LogP contribution in [-0.2, 0) is 5.41 Å². The van der Waals surface area contributed by atoms with Gasteiger partial charge in [0.15, 0.2) is 0 Å². The standard InChI is InChI=1S/C19H16O2/c1-13-14-7-3-4-8-15(14)19(2,17-10-6-12-21-17)18(13)16-9-5-11-20-16/h3-12H,1-2H3. The van der Waals surface area contributed by atoms with E-state index in [1.54, 1.807) is 12.5 Å². The molecule has 0 saturated heterocycles. The van der Waals surface area contributed by atoms with Crippen molar-refractivity contribution in [2.75, 3.05) is 0 Å². The zero-order valence-corrected chi connectivity index (χ0v) is 12.1. The van der Waals surface area contributed by atoms with Gasteiger partial charge in [-0.1, -0.05) is 24.3 Å². The third kappa shape index (κ3) is 1.53. The first-order chi connectivity index (χ1) is 10.2. The molecule has 0 spiro atoms. The van der Waals surface area contributed by atoms with Crippen LogP contribution in [0.5, 0.6) is 0 Å². The lowest BCUT2D eigenvalue weighted by Crippen LogP contribution is -2.22. The monoisotopic (exact) mass is 276 g/mol. The molecule has 2 nitrogen and oxygen atoms in total. The predicted molar refractivity (Wildman–Crippen MR) is 82.8 cm³/mol. The molecule has 0 fully saturated rings. The average molecular weight is 276 g/mol. The van der Waals surface area contributed by atoms with Crippen molar-refractivity contribution in [2.45, 2.75) is 19.3 Å². The number of hydrogen-bond donors (Lipinski definition) is 0. The van der Waals surface area contributed by atoms with Gasteiger partial charge in [0, 0.05) is 5.57 Å². The molecular formula is C19H16O2. The Kier molecular flexibility index (Phi) is 2.49. The van der Waals surface area contributed by atoms with E-state index in [-0.39, 0.29) is 5.41 Å². The molecule has 21 heavy (non-hydrogen) atoms. The molecule has 3 aromatic rings. The Hall–Kier alpha value is -2.48. The Balaban J connectivity index is 2.07. The Morgan fingerprint density at radius 2 is 1.62 bits per heavy atom. The van der Waals surface area contributed by atoms with Crippen molar-refractivity contribution in [1.29, 1.82) is 0 Å². The van der Waals surface area contributed by atoms with E-state index < -0.39 is 0 Å². The van der Waals surface area contributed by atoms with E-state index in [4.69, 9.17) is 8.83 Å². The molecule has 1 unspecified atom stereocenters. The molecule has 2 aromatic heterocycles. The van der Waals surface area contributed by atoms with Crippen LogP contribution in [0.25, 0.3) is 11.1 Å². The smallest absolute Gasteiger partial charge is 0.131 e. The zero-order valence-electron chi connectivity index (χ0n) is 12.1. The molecule has 0 bridgehead atoms. The van der Waals surface area contributed by atoms with Gasteiger partial charge in [0.2, 0.25) is 0 Å². The number of hydrogen-bond acceptors (Lipinski definition) is 2. The largest absolute Gasteiger partial charge is 0.468 e. The first kappa shape index (κ1) is 12.3. The summed E-state index contributed by atoms with van der Waals surface area (Å²) >= 11 is 0. The number of furan rings is 2. The Morgan fingerprint density at radius 1 is 0.857 bits per heavy atom. The fraction of sp³-hybridized carbons (Fsp3) is 0.158. The second kappa shape index (κ2) is 4.26. The van der Waals surface area contributed by atoms with Gasteiger partial charge in [0.05, 0.1) is 17.9 Å². The van der Waals surface area contributed by atoms with E-state index in [9.17, 15) is 0 Å². The van der Waals surface area contributed by atoms with E-state index in [0.29, 0.717) is 0 Å². The summed E-state index contributed by atoms with van der Waals surface area (Å²) in [6.45, 7) is 4.36. The van der Waals surface area contributed by atoms with E-state index in [1.807, 2.05) is 24.3 Å². The lowest BCUT2D eigenvalue weighted by molar-refractivity contribution is 0.455. The van der Waals surface area contributed by atoms with Gasteiger partial charge in [0.1, 0.15) is 11.5 Å². The summed E-state index contributed by atoms with van der Waals surface area (Å²) in [5.41, 5.74) is 4.65. The molecule has 0 radical (unpaired) electrons. The van der Waals surface area contributed by atoms with Crippen molar-refractivity contribution in [3.05, 3.63) is 83.7 Å². The maximum Gasteiger partial charge on any atom is 0.131 e. The van der Waals surface area contributed by atoms with Crippen molar-refractivity contribution in [2.24, 2.45) is 0 Å². The highest BCUT2D eigenvalue weighted by atomic mass is 16.3. The summed E-state index contributed by atoms with van der Waals surface area (Å²) in [5.74, 6) is 1.85. The van der Waals surface area contributed by atoms with Crippen LogP contribution in [0.2, 0.25) is 0 Å². The van der Waals surface area contributed by atoms with Crippen molar-refractivity contribution in [1.82, 2.24) is 0 Å². The topological polar surface area (TPSA) is 26.3 Å². The maximum absolute atomic E-state index is 5.78. The fourth-order valence-corrected chi connectivity index (χ4v) is 3.56. The minimum atomic E-state index is -0.317. The molecule has 4 rings (SSSR count). The normalized spacial score (nSPS) is 20.9. The molecule has 0 aliphatic heterocycles. The lowest BCUT2D eigenvalue weighted by Gasteiger charge is -2.26. The SMILES string of the molecule is CC1=C(c2ccco2)C(C)(c2ccco2)c2ccccc21. The van der Waals surface area contributed by atoms with E-state index >= 15 is 0 Å². The van der Waals surface area contributed by atoms with Gasteiger partial charge in [-0.05, 0) is 54.8 Å². The minimum Gasteiger partial charge on any atom is -0.468 e. The van der Waals surface area contributed by atoms with Gasteiger partial charge in [-0.3, -0.25) is 0 Å². The van der Waals surface area contributed by atoms with Gasteiger partial charge >= 0.3 is 0 Å². The number of fused-ring (bicyclic) bond motifs is 1. The van der Waals surface area contributed by atoms with Crippen molar-refractivity contribution < 1.29 is 8.83 Å². The lowest BCUT2D eigenvalue weighted by atomic mass is 9.76. The highest BCUT2D eigenvalue weighted by molar-refractivity contribution is 6.01. The molecule has 0 amide bonds. The fourth-order valence-electron chi connectivity index (χ4n) is 3.56. The van der Waals surface area contributed by atoms with Crippen LogP contribution in [0.3, 0.4) is 0 Å². The van der Waals surface area contributed by atoms with E-state index in [0.717, 1.165) is 11.5 Å². The highest BCUT2D eigenvalue weighted by Crippen LogP contribution is 2.54. The third-order valence-corrected chi connectivity index (χ3v) is 4.53. The maximum atomic E-state index is 5.78. The Morgan fingerprint density at radius 3 is 2.33 bits per heavy atom.